The summed E-state index contributed by atoms with van der Waals surface area (Å²) in [6.45, 7) is 7.88. The number of hydrogen-bond acceptors (Lipinski definition) is 3. The molecule has 0 aliphatic carbocycles. The summed E-state index contributed by atoms with van der Waals surface area (Å²) in [5.41, 5.74) is 0.255. The smallest absolute Gasteiger partial charge is 0.407 e. The van der Waals surface area contributed by atoms with E-state index in [4.69, 9.17) is 4.74 Å². The highest BCUT2D eigenvalue weighted by molar-refractivity contribution is 5.93. The third-order valence-corrected chi connectivity index (χ3v) is 2.75. The molecule has 2 amide bonds. The van der Waals surface area contributed by atoms with Crippen molar-refractivity contribution in [2.45, 2.75) is 39.8 Å². The summed E-state index contributed by atoms with van der Waals surface area (Å²) in [5.74, 6) is -0.177. The lowest BCUT2D eigenvalue weighted by Gasteiger charge is -2.20. The van der Waals surface area contributed by atoms with Gasteiger partial charge in [-0.15, -0.1) is 0 Å². The summed E-state index contributed by atoms with van der Waals surface area (Å²) in [7, 11) is 0. The molecule has 0 aromatic carbocycles. The Morgan fingerprint density at radius 2 is 2.04 bits per heavy atom. The second-order valence-corrected chi connectivity index (χ2v) is 6.05. The van der Waals surface area contributed by atoms with Crippen LogP contribution in [0, 0.1) is 0 Å². The van der Waals surface area contributed by atoms with Gasteiger partial charge in [-0.1, -0.05) is 0 Å². The van der Waals surface area contributed by atoms with Crippen molar-refractivity contribution < 1.29 is 18.7 Å². The van der Waals surface area contributed by atoms with Crippen molar-refractivity contribution >= 4 is 12.0 Å². The summed E-state index contributed by atoms with van der Waals surface area (Å²) in [6.07, 6.45) is 3.15. The number of carbonyl (C=O) groups excluding carboxylic acids is 2. The van der Waals surface area contributed by atoms with Gasteiger partial charge in [0.1, 0.15) is 5.60 Å². The molecule has 23 heavy (non-hydrogen) atoms. The third-order valence-electron chi connectivity index (χ3n) is 2.75. The van der Waals surface area contributed by atoms with Crippen LogP contribution in [0.2, 0.25) is 0 Å². The van der Waals surface area contributed by atoms with Gasteiger partial charge in [-0.25, -0.2) is 9.18 Å². The van der Waals surface area contributed by atoms with Gasteiger partial charge in [-0.05, 0) is 39.3 Å². The first-order valence-corrected chi connectivity index (χ1v) is 7.44. The molecule has 0 saturated heterocycles. The van der Waals surface area contributed by atoms with Gasteiger partial charge in [0.15, 0.2) is 0 Å². The lowest BCUT2D eigenvalue weighted by Crippen LogP contribution is -2.33. The Morgan fingerprint density at radius 3 is 2.61 bits per heavy atom. The molecule has 0 atom stereocenters. The Balaban J connectivity index is 2.54. The van der Waals surface area contributed by atoms with E-state index in [2.05, 4.69) is 10.6 Å². The summed E-state index contributed by atoms with van der Waals surface area (Å²) in [5, 5.41) is 5.19. The minimum Gasteiger partial charge on any atom is -0.444 e. The number of alkyl carbamates (subject to hydrolysis) is 1. The van der Waals surface area contributed by atoms with Crippen molar-refractivity contribution in [3.8, 4) is 0 Å². The van der Waals surface area contributed by atoms with Gasteiger partial charge in [0.25, 0.3) is 5.91 Å². The summed E-state index contributed by atoms with van der Waals surface area (Å²) in [4.78, 5) is 23.2. The molecule has 6 nitrogen and oxygen atoms in total. The molecule has 0 aliphatic heterocycles. The highest BCUT2D eigenvalue weighted by Gasteiger charge is 2.16. The van der Waals surface area contributed by atoms with E-state index in [-0.39, 0.29) is 19.0 Å². The van der Waals surface area contributed by atoms with Gasteiger partial charge < -0.3 is 19.9 Å². The SMILES string of the molecule is CCNC(=O)c1ccn(CC(=CF)CNC(=O)OC(C)(C)C)c1. The Bertz CT molecular complexity index is 573. The van der Waals surface area contributed by atoms with E-state index in [1.807, 2.05) is 6.92 Å². The predicted molar refractivity (Wildman–Crippen MR) is 85.9 cm³/mol. The second kappa shape index (κ2) is 8.36. The fraction of sp³-hybridized carbons (Fsp3) is 0.500. The standard InChI is InChI=1S/C16H24FN3O3/c1-5-18-14(21)13-6-7-20(11-13)10-12(8-17)9-19-15(22)23-16(2,3)4/h6-8,11H,5,9-10H2,1-4H3,(H,18,21)(H,19,22). The van der Waals surface area contributed by atoms with Crippen LogP contribution in [0.5, 0.6) is 0 Å². The monoisotopic (exact) mass is 325 g/mol. The first-order valence-electron chi connectivity index (χ1n) is 7.44. The number of hydrogen-bond donors (Lipinski definition) is 2. The van der Waals surface area contributed by atoms with E-state index in [9.17, 15) is 14.0 Å². The van der Waals surface area contributed by atoms with Crippen LogP contribution in [0.15, 0.2) is 30.4 Å². The number of ether oxygens (including phenoxy) is 1. The number of rotatable bonds is 6. The van der Waals surface area contributed by atoms with Crippen LogP contribution >= 0.6 is 0 Å². The van der Waals surface area contributed by atoms with Crippen LogP contribution in [0.1, 0.15) is 38.1 Å². The maximum Gasteiger partial charge on any atom is 0.407 e. The van der Waals surface area contributed by atoms with Gasteiger partial charge in [0.2, 0.25) is 0 Å². The zero-order chi connectivity index (χ0) is 17.5. The number of halogens is 1. The number of carbonyl (C=O) groups is 2. The predicted octanol–water partition coefficient (Wildman–Crippen LogP) is 2.62. The number of nitrogens with zero attached hydrogens (tertiary/aromatic N) is 1. The fourth-order valence-electron chi connectivity index (χ4n) is 1.80. The minimum atomic E-state index is -0.606. The van der Waals surface area contributed by atoms with E-state index in [0.29, 0.717) is 24.0 Å². The van der Waals surface area contributed by atoms with Crippen molar-refractivity contribution in [2.24, 2.45) is 0 Å². The van der Waals surface area contributed by atoms with E-state index >= 15 is 0 Å². The molecule has 2 N–H and O–H groups in total. The topological polar surface area (TPSA) is 72.4 Å². The summed E-state index contributed by atoms with van der Waals surface area (Å²) >= 11 is 0. The fourth-order valence-corrected chi connectivity index (χ4v) is 1.80. The Hall–Kier alpha value is -2.31. The van der Waals surface area contributed by atoms with Gasteiger partial charge in [0.05, 0.1) is 11.9 Å². The van der Waals surface area contributed by atoms with Gasteiger partial charge in [-0.3, -0.25) is 4.79 Å². The Labute approximate surface area is 135 Å². The molecular formula is C16H24FN3O3. The van der Waals surface area contributed by atoms with E-state index in [1.54, 1.807) is 43.8 Å². The summed E-state index contributed by atoms with van der Waals surface area (Å²) < 4.78 is 19.7. The number of nitrogens with one attached hydrogen (secondary N) is 2. The van der Waals surface area contributed by atoms with Gasteiger partial charge in [-0.2, -0.15) is 0 Å². The largest absolute Gasteiger partial charge is 0.444 e. The first kappa shape index (κ1) is 18.7. The number of aromatic nitrogens is 1. The van der Waals surface area contributed by atoms with Crippen LogP contribution in [0.3, 0.4) is 0 Å². The van der Waals surface area contributed by atoms with Crippen LogP contribution < -0.4 is 10.6 Å². The average Bonchev–Trinajstić information content (AvgIpc) is 2.90. The molecule has 0 saturated carbocycles. The van der Waals surface area contributed by atoms with Crippen LogP contribution in [-0.4, -0.2) is 35.3 Å². The molecule has 1 aromatic rings. The maximum atomic E-state index is 13.0. The Morgan fingerprint density at radius 1 is 1.35 bits per heavy atom. The number of amides is 2. The molecule has 1 heterocycles. The van der Waals surface area contributed by atoms with Crippen LogP contribution in [0.25, 0.3) is 0 Å². The molecule has 0 aliphatic rings. The normalized spacial score (nSPS) is 12.0. The highest BCUT2D eigenvalue weighted by Crippen LogP contribution is 2.08. The lowest BCUT2D eigenvalue weighted by atomic mass is 10.2. The van der Waals surface area contributed by atoms with Crippen molar-refractivity contribution in [2.75, 3.05) is 13.1 Å². The highest BCUT2D eigenvalue weighted by atomic mass is 19.1. The summed E-state index contributed by atoms with van der Waals surface area (Å²) in [6, 6.07) is 1.65. The van der Waals surface area contributed by atoms with E-state index < -0.39 is 11.7 Å². The average molecular weight is 325 g/mol. The van der Waals surface area contributed by atoms with E-state index in [1.165, 1.54) is 0 Å². The van der Waals surface area contributed by atoms with Crippen LogP contribution in [-0.2, 0) is 11.3 Å². The Kier molecular flexibility index (Phi) is 6.81. The molecule has 0 unspecified atom stereocenters. The molecule has 0 spiro atoms. The molecule has 7 heteroatoms. The van der Waals surface area contributed by atoms with Crippen molar-refractivity contribution in [3.05, 3.63) is 35.9 Å². The van der Waals surface area contributed by atoms with Crippen molar-refractivity contribution in [1.82, 2.24) is 15.2 Å². The van der Waals surface area contributed by atoms with Crippen molar-refractivity contribution in [3.63, 3.8) is 0 Å². The molecular weight excluding hydrogens is 301 g/mol. The molecule has 128 valence electrons. The second-order valence-electron chi connectivity index (χ2n) is 6.05. The van der Waals surface area contributed by atoms with E-state index in [0.717, 1.165) is 0 Å². The zero-order valence-electron chi connectivity index (χ0n) is 14.0. The molecule has 1 rings (SSSR count). The maximum absolute atomic E-state index is 13.0. The molecule has 1 aromatic heterocycles. The first-order chi connectivity index (χ1) is 10.7. The molecule has 0 bridgehead atoms. The molecule has 0 fully saturated rings. The molecule has 0 radical (unpaired) electrons. The van der Waals surface area contributed by atoms with Crippen LogP contribution in [0.4, 0.5) is 9.18 Å². The van der Waals surface area contributed by atoms with Gasteiger partial charge in [0, 0.05) is 32.0 Å². The quantitative estimate of drug-likeness (QED) is 0.844. The third kappa shape index (κ3) is 6.99. The lowest BCUT2D eigenvalue weighted by molar-refractivity contribution is 0.0532. The minimum absolute atomic E-state index is 0.0279. The van der Waals surface area contributed by atoms with Gasteiger partial charge >= 0.3 is 6.09 Å². The van der Waals surface area contributed by atoms with Crippen molar-refractivity contribution in [1.29, 1.82) is 0 Å². The zero-order valence-corrected chi connectivity index (χ0v) is 14.0.